The Kier molecular flexibility index (Phi) is 10.6. The minimum Gasteiger partial charge on any atom is -0.445 e. The van der Waals surface area contributed by atoms with Gasteiger partial charge in [-0.15, -0.1) is 0 Å². The number of ether oxygens (including phenoxy) is 2. The number of piperidine rings is 1. The van der Waals surface area contributed by atoms with Gasteiger partial charge in [-0.1, -0.05) is 56.9 Å². The van der Waals surface area contributed by atoms with E-state index in [2.05, 4.69) is 48.7 Å². The van der Waals surface area contributed by atoms with E-state index >= 15 is 0 Å². The number of hydrogen-bond acceptors (Lipinski definition) is 10. The van der Waals surface area contributed by atoms with Gasteiger partial charge in [0.2, 0.25) is 5.95 Å². The summed E-state index contributed by atoms with van der Waals surface area (Å²) in [4.78, 5) is 39.2. The van der Waals surface area contributed by atoms with Crippen LogP contribution in [0.15, 0.2) is 55.0 Å². The second-order valence-electron chi connectivity index (χ2n) is 14.4. The maximum Gasteiger partial charge on any atom is 0.410 e. The number of carbonyl (C=O) groups is 1. The average Bonchev–Trinajstić information content (AvgIpc) is 3.48. The second kappa shape index (κ2) is 15.0. The summed E-state index contributed by atoms with van der Waals surface area (Å²) in [5.41, 5.74) is 3.98. The lowest BCUT2D eigenvalue weighted by atomic mass is 9.96. The van der Waals surface area contributed by atoms with Gasteiger partial charge >= 0.3 is 6.09 Å². The van der Waals surface area contributed by atoms with Crippen molar-refractivity contribution in [2.24, 2.45) is 5.92 Å². The van der Waals surface area contributed by atoms with Crippen LogP contribution in [-0.2, 0) is 22.8 Å². The summed E-state index contributed by atoms with van der Waals surface area (Å²) in [6.07, 6.45) is 6.20. The molecule has 13 heteroatoms. The molecule has 6 rings (SSSR count). The van der Waals surface area contributed by atoms with Gasteiger partial charge in [-0.2, -0.15) is 4.98 Å². The molecule has 1 aromatic carbocycles. The van der Waals surface area contributed by atoms with E-state index in [1.54, 1.807) is 11.1 Å². The standard InChI is InChI=1S/C35H49N9O3Si/c1-26-19-28(23-44(22-26)35(45)47-24-27-9-7-6-8-10-27)38-32-29(20-37-34(40-32)42-15-13-41(2)14-16-42)31-21-36-30-11-12-43(33(30)39-31)25-46-17-18-48(3,4)5/h6-12,20-21,26,28H,13-19,22-25H2,1-5H3,(H,37,38,40)/t26-,28-/m0/s1. The number of amides is 1. The van der Waals surface area contributed by atoms with Gasteiger partial charge in [0.1, 0.15) is 24.7 Å². The van der Waals surface area contributed by atoms with E-state index in [0.717, 1.165) is 67.5 Å². The Hall–Kier alpha value is -4.07. The molecule has 256 valence electrons. The first kappa shape index (κ1) is 33.8. The summed E-state index contributed by atoms with van der Waals surface area (Å²) < 4.78 is 13.8. The maximum atomic E-state index is 13.2. The van der Waals surface area contributed by atoms with E-state index in [-0.39, 0.29) is 24.7 Å². The van der Waals surface area contributed by atoms with Gasteiger partial charge in [0.15, 0.2) is 5.65 Å². The van der Waals surface area contributed by atoms with Crippen molar-refractivity contribution in [3.63, 3.8) is 0 Å². The Morgan fingerprint density at radius 1 is 1.00 bits per heavy atom. The molecule has 0 saturated carbocycles. The fourth-order valence-electron chi connectivity index (χ4n) is 6.16. The van der Waals surface area contributed by atoms with Crippen molar-refractivity contribution in [1.82, 2.24) is 34.3 Å². The van der Waals surface area contributed by atoms with Gasteiger partial charge in [-0.3, -0.25) is 4.98 Å². The third-order valence-electron chi connectivity index (χ3n) is 8.99. The molecule has 5 heterocycles. The lowest BCUT2D eigenvalue weighted by molar-refractivity contribution is 0.0783. The molecule has 2 aliphatic heterocycles. The zero-order valence-electron chi connectivity index (χ0n) is 28.9. The molecule has 2 fully saturated rings. The van der Waals surface area contributed by atoms with Crippen molar-refractivity contribution < 1.29 is 14.3 Å². The summed E-state index contributed by atoms with van der Waals surface area (Å²) >= 11 is 0. The quantitative estimate of drug-likeness (QED) is 0.164. The van der Waals surface area contributed by atoms with Gasteiger partial charge < -0.3 is 34.1 Å². The number of rotatable bonds is 11. The summed E-state index contributed by atoms with van der Waals surface area (Å²) in [5.74, 6) is 1.66. The summed E-state index contributed by atoms with van der Waals surface area (Å²) in [7, 11) is 0.953. The van der Waals surface area contributed by atoms with E-state index in [0.29, 0.717) is 37.3 Å². The van der Waals surface area contributed by atoms with Gasteiger partial charge in [0.25, 0.3) is 0 Å². The van der Waals surface area contributed by atoms with E-state index in [4.69, 9.17) is 29.4 Å². The highest BCUT2D eigenvalue weighted by atomic mass is 28.3. The van der Waals surface area contributed by atoms with E-state index < -0.39 is 8.07 Å². The summed E-state index contributed by atoms with van der Waals surface area (Å²) in [6.45, 7) is 15.4. The monoisotopic (exact) mass is 671 g/mol. The first-order chi connectivity index (χ1) is 23.1. The SMILES string of the molecule is C[C@H]1C[C@H](Nc2nc(N3CCN(C)CC3)ncc2-c2cnc3ccn(COCC[Si](C)(C)C)c3n2)CN(C(=O)OCc2ccccc2)C1. The van der Waals surface area contributed by atoms with Crippen LogP contribution in [0.3, 0.4) is 0 Å². The topological polar surface area (TPSA) is 114 Å². The number of aromatic nitrogens is 5. The Morgan fingerprint density at radius 2 is 1.79 bits per heavy atom. The van der Waals surface area contributed by atoms with Crippen LogP contribution in [0.4, 0.5) is 16.6 Å². The highest BCUT2D eigenvalue weighted by Crippen LogP contribution is 2.30. The molecule has 4 aromatic rings. The van der Waals surface area contributed by atoms with Crippen LogP contribution < -0.4 is 10.2 Å². The maximum absolute atomic E-state index is 13.2. The minimum atomic E-state index is -1.18. The van der Waals surface area contributed by atoms with E-state index in [9.17, 15) is 4.79 Å². The molecule has 0 spiro atoms. The number of hydrogen-bond donors (Lipinski definition) is 1. The number of piperazine rings is 1. The second-order valence-corrected chi connectivity index (χ2v) is 20.1. The molecular weight excluding hydrogens is 623 g/mol. The molecule has 0 aliphatic carbocycles. The predicted molar refractivity (Wildman–Crippen MR) is 192 cm³/mol. The molecule has 2 saturated heterocycles. The molecule has 3 aromatic heterocycles. The number of carbonyl (C=O) groups excluding carboxylic acids is 1. The van der Waals surface area contributed by atoms with Gasteiger partial charge in [0.05, 0.1) is 17.5 Å². The molecular formula is C35H49N9O3Si. The number of fused-ring (bicyclic) bond motifs is 1. The number of nitrogens with zero attached hydrogens (tertiary/aromatic N) is 8. The smallest absolute Gasteiger partial charge is 0.410 e. The van der Waals surface area contributed by atoms with Crippen molar-refractivity contribution in [1.29, 1.82) is 0 Å². The van der Waals surface area contributed by atoms with Crippen LogP contribution in [0.5, 0.6) is 0 Å². The molecule has 0 unspecified atom stereocenters. The lowest BCUT2D eigenvalue weighted by Gasteiger charge is -2.37. The van der Waals surface area contributed by atoms with Crippen LogP contribution in [0.1, 0.15) is 18.9 Å². The van der Waals surface area contributed by atoms with E-state index in [1.165, 1.54) is 0 Å². The molecule has 1 amide bonds. The van der Waals surface area contributed by atoms with Crippen LogP contribution >= 0.6 is 0 Å². The third kappa shape index (κ3) is 8.68. The molecule has 1 N–H and O–H groups in total. The Balaban J connectivity index is 1.24. The number of nitrogens with one attached hydrogen (secondary N) is 1. The summed E-state index contributed by atoms with van der Waals surface area (Å²) in [5, 5.41) is 3.70. The fraction of sp³-hybridized carbons (Fsp3) is 0.514. The van der Waals surface area contributed by atoms with Crippen molar-refractivity contribution in [3.8, 4) is 11.3 Å². The Morgan fingerprint density at radius 3 is 2.56 bits per heavy atom. The van der Waals surface area contributed by atoms with Crippen LogP contribution in [0.25, 0.3) is 22.4 Å². The van der Waals surface area contributed by atoms with Crippen molar-refractivity contribution >= 4 is 37.1 Å². The van der Waals surface area contributed by atoms with Crippen molar-refractivity contribution in [3.05, 3.63) is 60.6 Å². The number of likely N-dealkylation sites (tertiary alicyclic amines) is 1. The van der Waals surface area contributed by atoms with Gasteiger partial charge in [-0.05, 0) is 37.1 Å². The summed E-state index contributed by atoms with van der Waals surface area (Å²) in [6, 6.07) is 12.8. The molecule has 2 aliphatic rings. The average molecular weight is 672 g/mol. The van der Waals surface area contributed by atoms with Crippen molar-refractivity contribution in [2.75, 3.05) is 63.1 Å². The Labute approximate surface area is 284 Å². The first-order valence-electron chi connectivity index (χ1n) is 17.0. The number of benzene rings is 1. The molecule has 0 bridgehead atoms. The third-order valence-corrected chi connectivity index (χ3v) is 10.7. The highest BCUT2D eigenvalue weighted by molar-refractivity contribution is 6.76. The van der Waals surface area contributed by atoms with Gasteiger partial charge in [0, 0.05) is 72.4 Å². The normalized spacial score (nSPS) is 19.1. The van der Waals surface area contributed by atoms with E-state index in [1.807, 2.05) is 53.4 Å². The largest absolute Gasteiger partial charge is 0.445 e. The fourth-order valence-corrected chi connectivity index (χ4v) is 6.92. The molecule has 48 heavy (non-hydrogen) atoms. The zero-order chi connectivity index (χ0) is 33.7. The lowest BCUT2D eigenvalue weighted by Crippen LogP contribution is -2.48. The van der Waals surface area contributed by atoms with Crippen molar-refractivity contribution in [2.45, 2.75) is 58.4 Å². The van der Waals surface area contributed by atoms with Crippen LogP contribution in [-0.4, -0.2) is 107 Å². The van der Waals surface area contributed by atoms with Crippen LogP contribution in [0.2, 0.25) is 25.7 Å². The molecule has 12 nitrogen and oxygen atoms in total. The number of likely N-dealkylation sites (N-methyl/N-ethyl adjacent to an activating group) is 1. The van der Waals surface area contributed by atoms with Crippen LogP contribution in [0, 0.1) is 5.92 Å². The molecule has 2 atom stereocenters. The first-order valence-corrected chi connectivity index (χ1v) is 20.7. The Bertz CT molecular complexity index is 1670. The highest BCUT2D eigenvalue weighted by Gasteiger charge is 2.30. The number of anilines is 2. The predicted octanol–water partition coefficient (Wildman–Crippen LogP) is 5.41. The zero-order valence-corrected chi connectivity index (χ0v) is 29.9. The van der Waals surface area contributed by atoms with Gasteiger partial charge in [-0.25, -0.2) is 14.8 Å². The molecule has 0 radical (unpaired) electrons. The minimum absolute atomic E-state index is 0.0349.